The number of halogens is 1. The molecule has 0 amide bonds. The van der Waals surface area contributed by atoms with Gasteiger partial charge in [0.05, 0.1) is 0 Å². The highest BCUT2D eigenvalue weighted by molar-refractivity contribution is 7.99. The first-order valence-electron chi connectivity index (χ1n) is 6.39. The number of imidazole rings is 1. The third-order valence-corrected chi connectivity index (χ3v) is 4.59. The standard InChI is InChI=1S/C14H16ClN3S/c1-18-7-6-16-14(18)19-13-5-2-11(15)8-10(13)9-17-12-3-4-12/h2,5-8,12,17H,3-4,9H2,1H3. The molecule has 1 aromatic heterocycles. The lowest BCUT2D eigenvalue weighted by Crippen LogP contribution is -2.15. The zero-order valence-electron chi connectivity index (χ0n) is 10.8. The van der Waals surface area contributed by atoms with Gasteiger partial charge in [0.1, 0.15) is 0 Å². The van der Waals surface area contributed by atoms with Crippen molar-refractivity contribution in [1.29, 1.82) is 0 Å². The maximum atomic E-state index is 6.10. The van der Waals surface area contributed by atoms with Crippen LogP contribution in [0.1, 0.15) is 18.4 Å². The topological polar surface area (TPSA) is 29.9 Å². The van der Waals surface area contributed by atoms with Crippen LogP contribution in [0.3, 0.4) is 0 Å². The van der Waals surface area contributed by atoms with E-state index in [9.17, 15) is 0 Å². The van der Waals surface area contributed by atoms with Crippen LogP contribution in [0.25, 0.3) is 0 Å². The fourth-order valence-corrected chi connectivity index (χ4v) is 2.98. The van der Waals surface area contributed by atoms with Crippen molar-refractivity contribution in [1.82, 2.24) is 14.9 Å². The van der Waals surface area contributed by atoms with Crippen molar-refractivity contribution < 1.29 is 0 Å². The Morgan fingerprint density at radius 3 is 3.00 bits per heavy atom. The highest BCUT2D eigenvalue weighted by Gasteiger charge is 2.20. The van der Waals surface area contributed by atoms with Gasteiger partial charge in [-0.3, -0.25) is 0 Å². The average molecular weight is 294 g/mol. The van der Waals surface area contributed by atoms with Gasteiger partial charge < -0.3 is 9.88 Å². The minimum Gasteiger partial charge on any atom is -0.329 e. The van der Waals surface area contributed by atoms with Gasteiger partial charge in [-0.05, 0) is 36.6 Å². The van der Waals surface area contributed by atoms with Crippen LogP contribution in [0.5, 0.6) is 0 Å². The van der Waals surface area contributed by atoms with Gasteiger partial charge in [-0.1, -0.05) is 23.4 Å². The van der Waals surface area contributed by atoms with Crippen molar-refractivity contribution >= 4 is 23.4 Å². The first-order chi connectivity index (χ1) is 9.22. The number of benzene rings is 1. The third kappa shape index (κ3) is 3.32. The number of rotatable bonds is 5. The fraction of sp³-hybridized carbons (Fsp3) is 0.357. The quantitative estimate of drug-likeness (QED) is 0.915. The van der Waals surface area contributed by atoms with Crippen LogP contribution >= 0.6 is 23.4 Å². The van der Waals surface area contributed by atoms with Crippen molar-refractivity contribution in [3.05, 3.63) is 41.2 Å². The van der Waals surface area contributed by atoms with E-state index in [0.29, 0.717) is 6.04 Å². The summed E-state index contributed by atoms with van der Waals surface area (Å²) >= 11 is 7.78. The van der Waals surface area contributed by atoms with E-state index in [1.165, 1.54) is 23.3 Å². The molecule has 5 heteroatoms. The minimum atomic E-state index is 0.699. The van der Waals surface area contributed by atoms with Crippen LogP contribution in [-0.4, -0.2) is 15.6 Å². The van der Waals surface area contributed by atoms with Crippen molar-refractivity contribution in [2.75, 3.05) is 0 Å². The molecule has 100 valence electrons. The molecule has 2 aromatic rings. The molecular weight excluding hydrogens is 278 g/mol. The number of hydrogen-bond donors (Lipinski definition) is 1. The Morgan fingerprint density at radius 2 is 2.32 bits per heavy atom. The van der Waals surface area contributed by atoms with Gasteiger partial charge in [0.2, 0.25) is 0 Å². The molecule has 1 N–H and O–H groups in total. The lowest BCUT2D eigenvalue weighted by Gasteiger charge is -2.10. The van der Waals surface area contributed by atoms with Crippen LogP contribution in [0, 0.1) is 0 Å². The van der Waals surface area contributed by atoms with Crippen LogP contribution in [-0.2, 0) is 13.6 Å². The summed E-state index contributed by atoms with van der Waals surface area (Å²) in [6, 6.07) is 6.76. The normalized spacial score (nSPS) is 14.8. The summed E-state index contributed by atoms with van der Waals surface area (Å²) in [7, 11) is 2.01. The van der Waals surface area contributed by atoms with E-state index >= 15 is 0 Å². The average Bonchev–Trinajstić information content (AvgIpc) is 3.14. The summed E-state index contributed by atoms with van der Waals surface area (Å²) < 4.78 is 2.03. The lowest BCUT2D eigenvalue weighted by molar-refractivity contribution is 0.680. The largest absolute Gasteiger partial charge is 0.329 e. The predicted molar refractivity (Wildman–Crippen MR) is 78.6 cm³/mol. The Kier molecular flexibility index (Phi) is 3.82. The fourth-order valence-electron chi connectivity index (χ4n) is 1.88. The second kappa shape index (κ2) is 5.57. The van der Waals surface area contributed by atoms with Gasteiger partial charge in [-0.2, -0.15) is 0 Å². The Bertz CT molecular complexity index is 578. The molecule has 19 heavy (non-hydrogen) atoms. The van der Waals surface area contributed by atoms with Gasteiger partial charge in [0, 0.05) is 41.9 Å². The van der Waals surface area contributed by atoms with E-state index in [4.69, 9.17) is 11.6 Å². The van der Waals surface area contributed by atoms with Gasteiger partial charge in [0.15, 0.2) is 5.16 Å². The van der Waals surface area contributed by atoms with Gasteiger partial charge in [0.25, 0.3) is 0 Å². The zero-order valence-corrected chi connectivity index (χ0v) is 12.3. The molecule has 1 aliphatic carbocycles. The van der Waals surface area contributed by atoms with Gasteiger partial charge in [-0.15, -0.1) is 0 Å². The SMILES string of the molecule is Cn1ccnc1Sc1ccc(Cl)cc1CNC1CC1. The van der Waals surface area contributed by atoms with Crippen molar-refractivity contribution in [3.63, 3.8) is 0 Å². The summed E-state index contributed by atoms with van der Waals surface area (Å²) in [5, 5.41) is 5.32. The molecule has 1 fully saturated rings. The molecule has 0 spiro atoms. The smallest absolute Gasteiger partial charge is 0.172 e. The van der Waals surface area contributed by atoms with E-state index in [1.54, 1.807) is 11.8 Å². The number of nitrogens with one attached hydrogen (secondary N) is 1. The summed E-state index contributed by atoms with van der Waals surface area (Å²) in [5.74, 6) is 0. The molecule has 0 atom stereocenters. The summed E-state index contributed by atoms with van der Waals surface area (Å²) in [6.45, 7) is 0.873. The highest BCUT2D eigenvalue weighted by Crippen LogP contribution is 2.31. The second-order valence-corrected chi connectivity index (χ2v) is 6.28. The van der Waals surface area contributed by atoms with Crippen LogP contribution in [0.4, 0.5) is 0 Å². The molecule has 0 unspecified atom stereocenters. The molecule has 1 heterocycles. The van der Waals surface area contributed by atoms with E-state index in [1.807, 2.05) is 36.1 Å². The maximum absolute atomic E-state index is 6.10. The molecule has 3 rings (SSSR count). The first-order valence-corrected chi connectivity index (χ1v) is 7.59. The van der Waals surface area contributed by atoms with Crippen LogP contribution in [0.15, 0.2) is 40.6 Å². The van der Waals surface area contributed by atoms with Crippen molar-refractivity contribution in [2.24, 2.45) is 7.05 Å². The lowest BCUT2D eigenvalue weighted by atomic mass is 10.2. The van der Waals surface area contributed by atoms with Crippen LogP contribution in [0.2, 0.25) is 5.02 Å². The van der Waals surface area contributed by atoms with E-state index in [0.717, 1.165) is 16.7 Å². The molecule has 1 aromatic carbocycles. The maximum Gasteiger partial charge on any atom is 0.172 e. The summed E-state index contributed by atoms with van der Waals surface area (Å²) in [6.07, 6.45) is 6.37. The monoisotopic (exact) mass is 293 g/mol. The second-order valence-electron chi connectivity index (χ2n) is 4.83. The molecule has 0 saturated heterocycles. The van der Waals surface area contributed by atoms with E-state index in [-0.39, 0.29) is 0 Å². The molecule has 0 bridgehead atoms. The molecule has 0 aliphatic heterocycles. The van der Waals surface area contributed by atoms with Gasteiger partial charge >= 0.3 is 0 Å². The number of nitrogens with zero attached hydrogens (tertiary/aromatic N) is 2. The van der Waals surface area contributed by atoms with Crippen LogP contribution < -0.4 is 5.32 Å². The zero-order chi connectivity index (χ0) is 13.2. The Balaban J connectivity index is 1.80. The van der Waals surface area contributed by atoms with E-state index < -0.39 is 0 Å². The van der Waals surface area contributed by atoms with Crippen molar-refractivity contribution in [3.8, 4) is 0 Å². The van der Waals surface area contributed by atoms with Crippen molar-refractivity contribution in [2.45, 2.75) is 35.5 Å². The van der Waals surface area contributed by atoms with E-state index in [2.05, 4.69) is 16.4 Å². The Morgan fingerprint density at radius 1 is 1.47 bits per heavy atom. The Labute approximate surface area is 122 Å². The molecule has 3 nitrogen and oxygen atoms in total. The summed E-state index contributed by atoms with van der Waals surface area (Å²) in [4.78, 5) is 5.57. The highest BCUT2D eigenvalue weighted by atomic mass is 35.5. The first kappa shape index (κ1) is 13.0. The molecule has 0 radical (unpaired) electrons. The summed E-state index contributed by atoms with van der Waals surface area (Å²) in [5.41, 5.74) is 1.24. The molecular formula is C14H16ClN3S. The molecule has 1 saturated carbocycles. The van der Waals surface area contributed by atoms with Gasteiger partial charge in [-0.25, -0.2) is 4.98 Å². The number of aromatic nitrogens is 2. The number of hydrogen-bond acceptors (Lipinski definition) is 3. The third-order valence-electron chi connectivity index (χ3n) is 3.16. The predicted octanol–water partition coefficient (Wildman–Crippen LogP) is 3.48. The Hall–Kier alpha value is -0.970. The number of aryl methyl sites for hydroxylation is 1. The minimum absolute atomic E-state index is 0.699. The molecule has 1 aliphatic rings.